The zero-order chi connectivity index (χ0) is 13.4. The van der Waals surface area contributed by atoms with Gasteiger partial charge >= 0.3 is 0 Å². The maximum Gasteiger partial charge on any atom is 0.0426 e. The lowest BCUT2D eigenvalue weighted by molar-refractivity contribution is 0.203. The number of anilines is 1. The van der Waals surface area contributed by atoms with Crippen molar-refractivity contribution in [2.45, 2.75) is 37.2 Å². The SMILES string of the molecule is CC1CN2CCCC2CN1c1cc(Cl)ccc1CBr. The van der Waals surface area contributed by atoms with E-state index in [-0.39, 0.29) is 0 Å². The molecular formula is C15H20BrClN2. The molecule has 2 heterocycles. The summed E-state index contributed by atoms with van der Waals surface area (Å²) in [5.74, 6) is 0. The highest BCUT2D eigenvalue weighted by atomic mass is 79.9. The normalized spacial score (nSPS) is 27.6. The Kier molecular flexibility index (Phi) is 4.06. The zero-order valence-electron chi connectivity index (χ0n) is 11.3. The Hall–Kier alpha value is -0.250. The summed E-state index contributed by atoms with van der Waals surface area (Å²) in [4.78, 5) is 5.20. The number of alkyl halides is 1. The van der Waals surface area contributed by atoms with E-state index in [4.69, 9.17) is 11.6 Å². The van der Waals surface area contributed by atoms with Crippen LogP contribution in [-0.2, 0) is 5.33 Å². The fourth-order valence-electron chi connectivity index (χ4n) is 3.44. The topological polar surface area (TPSA) is 6.48 Å². The highest BCUT2D eigenvalue weighted by Gasteiger charge is 2.34. The standard InChI is InChI=1S/C15H20BrClN2/c1-11-9-18-6-2-3-14(18)10-19(11)15-7-13(17)5-4-12(15)8-16/h4-5,7,11,14H,2-3,6,8-10H2,1H3. The Labute approximate surface area is 128 Å². The van der Waals surface area contributed by atoms with Crippen molar-refractivity contribution in [2.24, 2.45) is 0 Å². The minimum atomic E-state index is 0.561. The predicted molar refractivity (Wildman–Crippen MR) is 85.5 cm³/mol. The van der Waals surface area contributed by atoms with Crippen LogP contribution in [0.25, 0.3) is 0 Å². The van der Waals surface area contributed by atoms with Crippen LogP contribution in [0.5, 0.6) is 0 Å². The molecule has 2 saturated heterocycles. The number of piperazine rings is 1. The molecular weight excluding hydrogens is 324 g/mol. The predicted octanol–water partition coefficient (Wildman–Crippen LogP) is 3.91. The zero-order valence-corrected chi connectivity index (χ0v) is 13.6. The molecule has 1 aromatic carbocycles. The highest BCUT2D eigenvalue weighted by molar-refractivity contribution is 9.08. The monoisotopic (exact) mass is 342 g/mol. The second-order valence-electron chi connectivity index (χ2n) is 5.70. The number of halogens is 2. The Bertz CT molecular complexity index is 465. The number of hydrogen-bond acceptors (Lipinski definition) is 2. The van der Waals surface area contributed by atoms with Crippen LogP contribution < -0.4 is 4.90 Å². The molecule has 2 aliphatic rings. The Morgan fingerprint density at radius 2 is 2.21 bits per heavy atom. The molecule has 0 amide bonds. The summed E-state index contributed by atoms with van der Waals surface area (Å²) in [6.45, 7) is 5.93. The number of fused-ring (bicyclic) bond motifs is 1. The molecule has 2 fully saturated rings. The summed E-state index contributed by atoms with van der Waals surface area (Å²) in [5.41, 5.74) is 2.64. The van der Waals surface area contributed by atoms with Gasteiger partial charge in [-0.2, -0.15) is 0 Å². The first-order chi connectivity index (χ1) is 9.19. The lowest BCUT2D eigenvalue weighted by Gasteiger charge is -2.44. The molecule has 4 heteroatoms. The van der Waals surface area contributed by atoms with Gasteiger partial charge in [0, 0.05) is 41.2 Å². The van der Waals surface area contributed by atoms with E-state index in [0.717, 1.165) is 22.9 Å². The molecule has 3 rings (SSSR count). The van der Waals surface area contributed by atoms with E-state index in [1.807, 2.05) is 6.07 Å². The van der Waals surface area contributed by atoms with Crippen LogP contribution in [0.1, 0.15) is 25.3 Å². The lowest BCUT2D eigenvalue weighted by atomic mass is 10.0. The molecule has 2 atom stereocenters. The third-order valence-electron chi connectivity index (χ3n) is 4.44. The summed E-state index contributed by atoms with van der Waals surface area (Å²) >= 11 is 9.80. The van der Waals surface area contributed by atoms with Crippen LogP contribution in [0.2, 0.25) is 5.02 Å². The molecule has 19 heavy (non-hydrogen) atoms. The van der Waals surface area contributed by atoms with E-state index in [0.29, 0.717) is 6.04 Å². The van der Waals surface area contributed by atoms with Crippen LogP contribution in [0, 0.1) is 0 Å². The van der Waals surface area contributed by atoms with Gasteiger partial charge in [-0.15, -0.1) is 0 Å². The summed E-state index contributed by atoms with van der Waals surface area (Å²) in [5, 5.41) is 1.72. The maximum absolute atomic E-state index is 6.20. The first kappa shape index (κ1) is 13.7. The van der Waals surface area contributed by atoms with Crippen LogP contribution in [-0.4, -0.2) is 36.6 Å². The fourth-order valence-corrected chi connectivity index (χ4v) is 4.08. The molecule has 2 unspecified atom stereocenters. The van der Waals surface area contributed by atoms with Gasteiger partial charge in [0.2, 0.25) is 0 Å². The third-order valence-corrected chi connectivity index (χ3v) is 5.28. The molecule has 0 radical (unpaired) electrons. The maximum atomic E-state index is 6.20. The molecule has 0 aromatic heterocycles. The summed E-state index contributed by atoms with van der Waals surface area (Å²) in [7, 11) is 0. The van der Waals surface area contributed by atoms with Gasteiger partial charge in [-0.05, 0) is 44.0 Å². The quantitative estimate of drug-likeness (QED) is 0.751. The molecule has 0 N–H and O–H groups in total. The van der Waals surface area contributed by atoms with Crippen molar-refractivity contribution in [1.82, 2.24) is 4.90 Å². The van der Waals surface area contributed by atoms with Gasteiger partial charge in [0.15, 0.2) is 0 Å². The van der Waals surface area contributed by atoms with E-state index < -0.39 is 0 Å². The third kappa shape index (κ3) is 2.65. The second kappa shape index (κ2) is 5.63. The first-order valence-corrected chi connectivity index (χ1v) is 8.54. The largest absolute Gasteiger partial charge is 0.366 e. The molecule has 2 aliphatic heterocycles. The smallest absolute Gasteiger partial charge is 0.0426 e. The molecule has 2 nitrogen and oxygen atoms in total. The fraction of sp³-hybridized carbons (Fsp3) is 0.600. The van der Waals surface area contributed by atoms with E-state index in [2.05, 4.69) is 44.8 Å². The number of rotatable bonds is 2. The lowest BCUT2D eigenvalue weighted by Crippen LogP contribution is -2.55. The second-order valence-corrected chi connectivity index (χ2v) is 6.70. The van der Waals surface area contributed by atoms with Crippen molar-refractivity contribution in [2.75, 3.05) is 24.5 Å². The van der Waals surface area contributed by atoms with E-state index in [9.17, 15) is 0 Å². The van der Waals surface area contributed by atoms with Crippen molar-refractivity contribution >= 4 is 33.2 Å². The van der Waals surface area contributed by atoms with Gasteiger partial charge in [0.1, 0.15) is 0 Å². The van der Waals surface area contributed by atoms with Crippen LogP contribution in [0.15, 0.2) is 18.2 Å². The van der Waals surface area contributed by atoms with Crippen molar-refractivity contribution in [3.8, 4) is 0 Å². The average Bonchev–Trinajstić information content (AvgIpc) is 2.84. The van der Waals surface area contributed by atoms with Crippen molar-refractivity contribution in [1.29, 1.82) is 0 Å². The van der Waals surface area contributed by atoms with Gasteiger partial charge in [-0.25, -0.2) is 0 Å². The van der Waals surface area contributed by atoms with Crippen molar-refractivity contribution < 1.29 is 0 Å². The van der Waals surface area contributed by atoms with E-state index in [1.54, 1.807) is 0 Å². The van der Waals surface area contributed by atoms with Gasteiger partial charge < -0.3 is 4.90 Å². The van der Waals surface area contributed by atoms with Gasteiger partial charge in [-0.1, -0.05) is 33.6 Å². The van der Waals surface area contributed by atoms with Crippen molar-refractivity contribution in [3.05, 3.63) is 28.8 Å². The average molecular weight is 344 g/mol. The van der Waals surface area contributed by atoms with Gasteiger partial charge in [-0.3, -0.25) is 4.90 Å². The van der Waals surface area contributed by atoms with E-state index >= 15 is 0 Å². The first-order valence-electron chi connectivity index (χ1n) is 7.04. The molecule has 0 saturated carbocycles. The number of hydrogen-bond donors (Lipinski definition) is 0. The Morgan fingerprint density at radius 1 is 1.37 bits per heavy atom. The van der Waals surface area contributed by atoms with Crippen molar-refractivity contribution in [3.63, 3.8) is 0 Å². The minimum Gasteiger partial charge on any atom is -0.366 e. The molecule has 0 bridgehead atoms. The van der Waals surface area contributed by atoms with Gasteiger partial charge in [0.05, 0.1) is 0 Å². The number of nitrogens with zero attached hydrogens (tertiary/aromatic N) is 2. The molecule has 1 aromatic rings. The highest BCUT2D eigenvalue weighted by Crippen LogP contribution is 2.33. The minimum absolute atomic E-state index is 0.561. The molecule has 0 aliphatic carbocycles. The van der Waals surface area contributed by atoms with E-state index in [1.165, 1.54) is 37.2 Å². The Morgan fingerprint density at radius 3 is 3.00 bits per heavy atom. The Balaban J connectivity index is 1.90. The molecule has 104 valence electrons. The number of benzene rings is 1. The van der Waals surface area contributed by atoms with Crippen LogP contribution in [0.4, 0.5) is 5.69 Å². The van der Waals surface area contributed by atoms with Gasteiger partial charge in [0.25, 0.3) is 0 Å². The van der Waals surface area contributed by atoms with Crippen LogP contribution >= 0.6 is 27.5 Å². The van der Waals surface area contributed by atoms with Crippen LogP contribution in [0.3, 0.4) is 0 Å². The summed E-state index contributed by atoms with van der Waals surface area (Å²) in [6, 6.07) is 7.54. The summed E-state index contributed by atoms with van der Waals surface area (Å²) < 4.78 is 0. The summed E-state index contributed by atoms with van der Waals surface area (Å²) in [6.07, 6.45) is 2.69. The molecule has 0 spiro atoms.